The van der Waals surface area contributed by atoms with Crippen LogP contribution in [0, 0.1) is 0 Å². The van der Waals surface area contributed by atoms with E-state index in [0.717, 1.165) is 72.4 Å². The van der Waals surface area contributed by atoms with E-state index in [9.17, 15) is 4.79 Å². The number of likely N-dealkylation sites (tertiary alicyclic amines) is 2. The van der Waals surface area contributed by atoms with Gasteiger partial charge in [-0.15, -0.1) is 0 Å². The van der Waals surface area contributed by atoms with Crippen molar-refractivity contribution in [2.75, 3.05) is 26.2 Å². The van der Waals surface area contributed by atoms with Gasteiger partial charge in [0.05, 0.1) is 5.52 Å². The number of amides is 1. The SMILES string of the molecule is Cn1nc2cc(Br)ccc2c1C(=O)N1CCC(N2CCC(Oc3nccs3)CC2)CC1. The third-order valence-electron chi connectivity index (χ3n) is 6.42. The smallest absolute Gasteiger partial charge is 0.273 e. The molecule has 7 nitrogen and oxygen atoms in total. The first kappa shape index (κ1) is 20.9. The second-order valence-electron chi connectivity index (χ2n) is 8.31. The molecular weight excluding hydrogens is 478 g/mol. The summed E-state index contributed by atoms with van der Waals surface area (Å²) in [6.07, 6.45) is 6.17. The standard InChI is InChI=1S/C22H26BrN5O2S/c1-26-20(18-3-2-15(23)14-19(18)25-26)21(29)28-9-4-16(5-10-28)27-11-6-17(7-12-27)30-22-24-8-13-31-22/h2-3,8,13-14,16-17H,4-7,9-12H2,1H3. The zero-order valence-corrected chi connectivity index (χ0v) is 19.9. The summed E-state index contributed by atoms with van der Waals surface area (Å²) >= 11 is 5.04. The van der Waals surface area contributed by atoms with Crippen LogP contribution in [0.15, 0.2) is 34.2 Å². The number of benzene rings is 1. The van der Waals surface area contributed by atoms with Crippen molar-refractivity contribution in [1.82, 2.24) is 24.6 Å². The fourth-order valence-electron chi connectivity index (χ4n) is 4.78. The van der Waals surface area contributed by atoms with Crippen LogP contribution in [-0.2, 0) is 7.05 Å². The molecule has 0 spiro atoms. The molecular formula is C22H26BrN5O2S. The predicted molar refractivity (Wildman–Crippen MR) is 125 cm³/mol. The Kier molecular flexibility index (Phi) is 5.99. The Balaban J connectivity index is 1.17. The first-order valence-electron chi connectivity index (χ1n) is 10.8. The normalized spacial score (nSPS) is 19.2. The number of aryl methyl sites for hydroxylation is 1. The minimum Gasteiger partial charge on any atom is -0.467 e. The highest BCUT2D eigenvalue weighted by molar-refractivity contribution is 9.10. The molecule has 2 aliphatic rings. The number of rotatable bonds is 4. The Morgan fingerprint density at radius 3 is 2.65 bits per heavy atom. The molecule has 0 N–H and O–H groups in total. The van der Waals surface area contributed by atoms with Crippen molar-refractivity contribution < 1.29 is 9.53 Å². The first-order valence-corrected chi connectivity index (χ1v) is 12.5. The van der Waals surface area contributed by atoms with Crippen LogP contribution in [0.3, 0.4) is 0 Å². The van der Waals surface area contributed by atoms with Crippen molar-refractivity contribution in [2.45, 2.75) is 37.8 Å². The lowest BCUT2D eigenvalue weighted by Gasteiger charge is -2.41. The number of hydrogen-bond donors (Lipinski definition) is 0. The highest BCUT2D eigenvalue weighted by Gasteiger charge is 2.32. The molecule has 164 valence electrons. The number of ether oxygens (including phenoxy) is 1. The van der Waals surface area contributed by atoms with Crippen molar-refractivity contribution in [1.29, 1.82) is 0 Å². The van der Waals surface area contributed by atoms with Crippen LogP contribution in [0.2, 0.25) is 0 Å². The third kappa shape index (κ3) is 4.36. The molecule has 1 amide bonds. The van der Waals surface area contributed by atoms with Gasteiger partial charge in [0.2, 0.25) is 0 Å². The van der Waals surface area contributed by atoms with Gasteiger partial charge in [-0.2, -0.15) is 5.10 Å². The molecule has 0 atom stereocenters. The minimum atomic E-state index is 0.0846. The highest BCUT2D eigenvalue weighted by Crippen LogP contribution is 2.27. The largest absolute Gasteiger partial charge is 0.467 e. The van der Waals surface area contributed by atoms with Crippen LogP contribution in [-0.4, -0.2) is 68.8 Å². The summed E-state index contributed by atoms with van der Waals surface area (Å²) in [6.45, 7) is 3.69. The number of nitrogens with zero attached hydrogens (tertiary/aromatic N) is 5. The van der Waals surface area contributed by atoms with Crippen LogP contribution >= 0.6 is 27.3 Å². The Hall–Kier alpha value is -1.97. The van der Waals surface area contributed by atoms with E-state index >= 15 is 0 Å². The van der Waals surface area contributed by atoms with E-state index in [0.29, 0.717) is 11.7 Å². The summed E-state index contributed by atoms with van der Waals surface area (Å²) in [7, 11) is 1.85. The number of fused-ring (bicyclic) bond motifs is 1. The Bertz CT molecular complexity index is 1050. The zero-order chi connectivity index (χ0) is 21.4. The molecule has 0 saturated carbocycles. The number of hydrogen-bond acceptors (Lipinski definition) is 6. The Labute approximate surface area is 194 Å². The fraction of sp³-hybridized carbons (Fsp3) is 0.500. The van der Waals surface area contributed by atoms with Crippen LogP contribution < -0.4 is 4.74 Å². The Morgan fingerprint density at radius 2 is 1.94 bits per heavy atom. The molecule has 2 aromatic heterocycles. The number of piperidine rings is 2. The van der Waals surface area contributed by atoms with Gasteiger partial charge in [0.1, 0.15) is 11.8 Å². The molecule has 0 aliphatic carbocycles. The maximum atomic E-state index is 13.3. The summed E-state index contributed by atoms with van der Waals surface area (Å²) in [5, 5.41) is 8.17. The molecule has 0 radical (unpaired) electrons. The Morgan fingerprint density at radius 1 is 1.16 bits per heavy atom. The number of halogens is 1. The fourth-order valence-corrected chi connectivity index (χ4v) is 5.68. The van der Waals surface area contributed by atoms with Crippen LogP contribution in [0.1, 0.15) is 36.2 Å². The lowest BCUT2D eigenvalue weighted by molar-refractivity contribution is 0.0421. The van der Waals surface area contributed by atoms with E-state index in [1.807, 2.05) is 35.5 Å². The molecule has 9 heteroatoms. The maximum absolute atomic E-state index is 13.3. The molecule has 0 bridgehead atoms. The van der Waals surface area contributed by atoms with Crippen molar-refractivity contribution in [3.8, 4) is 5.19 Å². The van der Waals surface area contributed by atoms with Gasteiger partial charge in [-0.05, 0) is 43.9 Å². The van der Waals surface area contributed by atoms with E-state index in [1.165, 1.54) is 0 Å². The van der Waals surface area contributed by atoms with Crippen molar-refractivity contribution >= 4 is 44.1 Å². The van der Waals surface area contributed by atoms with Gasteiger partial charge >= 0.3 is 0 Å². The van der Waals surface area contributed by atoms with Crippen LogP contribution in [0.25, 0.3) is 10.9 Å². The number of thiazole rings is 1. The van der Waals surface area contributed by atoms with Gasteiger partial charge in [0.15, 0.2) is 0 Å². The molecule has 0 unspecified atom stereocenters. The monoisotopic (exact) mass is 503 g/mol. The lowest BCUT2D eigenvalue weighted by Crippen LogP contribution is -2.50. The molecule has 3 aromatic rings. The van der Waals surface area contributed by atoms with Gasteiger partial charge in [0.25, 0.3) is 11.1 Å². The van der Waals surface area contributed by atoms with E-state index in [1.54, 1.807) is 22.2 Å². The zero-order valence-electron chi connectivity index (χ0n) is 17.5. The number of aromatic nitrogens is 3. The van der Waals surface area contributed by atoms with Crippen molar-refractivity contribution in [3.05, 3.63) is 39.9 Å². The summed E-state index contributed by atoms with van der Waals surface area (Å²) in [4.78, 5) is 22.1. The van der Waals surface area contributed by atoms with Gasteiger partial charge < -0.3 is 9.64 Å². The van der Waals surface area contributed by atoms with Gasteiger partial charge in [0, 0.05) is 60.7 Å². The molecule has 5 rings (SSSR count). The van der Waals surface area contributed by atoms with Gasteiger partial charge in [-0.3, -0.25) is 14.4 Å². The minimum absolute atomic E-state index is 0.0846. The second kappa shape index (κ2) is 8.88. The molecule has 2 saturated heterocycles. The van der Waals surface area contributed by atoms with E-state index in [-0.39, 0.29) is 12.0 Å². The quantitative estimate of drug-likeness (QED) is 0.539. The molecule has 4 heterocycles. The van der Waals surface area contributed by atoms with Crippen molar-refractivity contribution in [3.63, 3.8) is 0 Å². The summed E-state index contributed by atoms with van der Waals surface area (Å²) in [5.41, 5.74) is 1.53. The van der Waals surface area contributed by atoms with Gasteiger partial charge in [-0.1, -0.05) is 27.3 Å². The average molecular weight is 504 g/mol. The lowest BCUT2D eigenvalue weighted by atomic mass is 9.98. The van der Waals surface area contributed by atoms with Crippen LogP contribution in [0.5, 0.6) is 5.19 Å². The number of carbonyl (C=O) groups is 1. The molecule has 2 aliphatic heterocycles. The third-order valence-corrected chi connectivity index (χ3v) is 7.57. The van der Waals surface area contributed by atoms with E-state index in [2.05, 4.69) is 30.9 Å². The first-order chi connectivity index (χ1) is 15.1. The summed E-state index contributed by atoms with van der Waals surface area (Å²) in [5.74, 6) is 0.0846. The number of carbonyl (C=O) groups excluding carboxylic acids is 1. The average Bonchev–Trinajstić information content (AvgIpc) is 3.40. The van der Waals surface area contributed by atoms with Crippen LogP contribution in [0.4, 0.5) is 0 Å². The summed E-state index contributed by atoms with van der Waals surface area (Å²) < 4.78 is 8.68. The maximum Gasteiger partial charge on any atom is 0.273 e. The topological polar surface area (TPSA) is 63.5 Å². The predicted octanol–water partition coefficient (Wildman–Crippen LogP) is 3.94. The highest BCUT2D eigenvalue weighted by atomic mass is 79.9. The molecule has 2 fully saturated rings. The molecule has 1 aromatic carbocycles. The molecule has 31 heavy (non-hydrogen) atoms. The van der Waals surface area contributed by atoms with E-state index in [4.69, 9.17) is 4.74 Å². The summed E-state index contributed by atoms with van der Waals surface area (Å²) in [6, 6.07) is 6.45. The second-order valence-corrected chi connectivity index (χ2v) is 10.1. The van der Waals surface area contributed by atoms with Crippen molar-refractivity contribution in [2.24, 2.45) is 7.05 Å². The van der Waals surface area contributed by atoms with Gasteiger partial charge in [-0.25, -0.2) is 4.98 Å². The van der Waals surface area contributed by atoms with E-state index < -0.39 is 0 Å².